The molecule has 0 saturated heterocycles. The number of amides is 1. The van der Waals surface area contributed by atoms with E-state index in [0.29, 0.717) is 35.8 Å². The topological polar surface area (TPSA) is 94.4 Å². The van der Waals surface area contributed by atoms with Crippen LogP contribution in [0.4, 0.5) is 10.8 Å². The summed E-state index contributed by atoms with van der Waals surface area (Å²) >= 11 is 1.28. The van der Waals surface area contributed by atoms with Crippen molar-refractivity contribution in [2.45, 2.75) is 19.8 Å². The third-order valence-corrected chi connectivity index (χ3v) is 4.67. The van der Waals surface area contributed by atoms with Gasteiger partial charge in [0.2, 0.25) is 5.91 Å². The SMILES string of the molecule is Cc1cccc(OCCCC(=O)Nc2nc(-c3cccc([N+](=O)[O-])c3)cs2)c1. The van der Waals surface area contributed by atoms with Gasteiger partial charge in [0, 0.05) is 29.5 Å². The summed E-state index contributed by atoms with van der Waals surface area (Å²) in [6.07, 6.45) is 0.903. The van der Waals surface area contributed by atoms with Crippen LogP contribution in [0.3, 0.4) is 0 Å². The molecule has 144 valence electrons. The number of hydrogen-bond donors (Lipinski definition) is 1. The van der Waals surface area contributed by atoms with Crippen LogP contribution in [0.2, 0.25) is 0 Å². The molecule has 0 bridgehead atoms. The quantitative estimate of drug-likeness (QED) is 0.334. The van der Waals surface area contributed by atoms with Gasteiger partial charge in [0.05, 0.1) is 17.2 Å². The first-order valence-electron chi connectivity index (χ1n) is 8.71. The molecule has 0 spiro atoms. The summed E-state index contributed by atoms with van der Waals surface area (Å²) < 4.78 is 5.63. The highest BCUT2D eigenvalue weighted by Crippen LogP contribution is 2.27. The summed E-state index contributed by atoms with van der Waals surface area (Å²) in [7, 11) is 0. The van der Waals surface area contributed by atoms with E-state index in [1.54, 1.807) is 17.5 Å². The largest absolute Gasteiger partial charge is 0.494 e. The highest BCUT2D eigenvalue weighted by molar-refractivity contribution is 7.14. The van der Waals surface area contributed by atoms with E-state index in [9.17, 15) is 14.9 Å². The zero-order chi connectivity index (χ0) is 19.9. The number of thiazole rings is 1. The zero-order valence-electron chi connectivity index (χ0n) is 15.3. The molecule has 0 aliphatic rings. The summed E-state index contributed by atoms with van der Waals surface area (Å²) in [5.41, 5.74) is 2.35. The van der Waals surface area contributed by atoms with Crippen LogP contribution in [0.5, 0.6) is 5.75 Å². The maximum atomic E-state index is 12.1. The zero-order valence-corrected chi connectivity index (χ0v) is 16.1. The molecule has 0 aliphatic carbocycles. The Bertz CT molecular complexity index is 987. The first-order valence-corrected chi connectivity index (χ1v) is 9.59. The van der Waals surface area contributed by atoms with Gasteiger partial charge in [-0.25, -0.2) is 4.98 Å². The van der Waals surface area contributed by atoms with E-state index in [4.69, 9.17) is 4.74 Å². The van der Waals surface area contributed by atoms with Crippen molar-refractivity contribution in [2.75, 3.05) is 11.9 Å². The van der Waals surface area contributed by atoms with Crippen LogP contribution in [0.1, 0.15) is 18.4 Å². The third kappa shape index (κ3) is 5.37. The second kappa shape index (κ2) is 9.09. The summed E-state index contributed by atoms with van der Waals surface area (Å²) in [6.45, 7) is 2.45. The van der Waals surface area contributed by atoms with Crippen molar-refractivity contribution in [3.63, 3.8) is 0 Å². The number of nitrogens with one attached hydrogen (secondary N) is 1. The lowest BCUT2D eigenvalue weighted by Crippen LogP contribution is -2.12. The van der Waals surface area contributed by atoms with Gasteiger partial charge in [0.25, 0.3) is 5.69 Å². The number of nitro groups is 1. The number of ether oxygens (including phenoxy) is 1. The average molecular weight is 397 g/mol. The molecule has 1 aromatic heterocycles. The van der Waals surface area contributed by atoms with Crippen LogP contribution in [-0.2, 0) is 4.79 Å². The molecule has 3 rings (SSSR count). The molecule has 0 unspecified atom stereocenters. The smallest absolute Gasteiger partial charge is 0.270 e. The first kappa shape index (κ1) is 19.5. The number of rotatable bonds is 8. The lowest BCUT2D eigenvalue weighted by atomic mass is 10.1. The Morgan fingerprint density at radius 1 is 1.25 bits per heavy atom. The van der Waals surface area contributed by atoms with E-state index in [-0.39, 0.29) is 11.6 Å². The van der Waals surface area contributed by atoms with Gasteiger partial charge in [0.15, 0.2) is 5.13 Å². The van der Waals surface area contributed by atoms with Crippen LogP contribution >= 0.6 is 11.3 Å². The number of carbonyl (C=O) groups is 1. The molecule has 0 radical (unpaired) electrons. The minimum atomic E-state index is -0.447. The first-order chi connectivity index (χ1) is 13.5. The number of benzene rings is 2. The third-order valence-electron chi connectivity index (χ3n) is 3.91. The molecule has 0 fully saturated rings. The maximum absolute atomic E-state index is 12.1. The average Bonchev–Trinajstić information content (AvgIpc) is 3.14. The molecule has 0 saturated carbocycles. The number of nitro benzene ring substituents is 1. The molecule has 8 heteroatoms. The van der Waals surface area contributed by atoms with Crippen LogP contribution in [0, 0.1) is 17.0 Å². The van der Waals surface area contributed by atoms with E-state index < -0.39 is 4.92 Å². The molecule has 3 aromatic rings. The Kier molecular flexibility index (Phi) is 6.33. The molecule has 0 atom stereocenters. The van der Waals surface area contributed by atoms with Crippen LogP contribution in [-0.4, -0.2) is 22.4 Å². The lowest BCUT2D eigenvalue weighted by Gasteiger charge is -2.06. The number of aryl methyl sites for hydroxylation is 1. The second-order valence-electron chi connectivity index (χ2n) is 6.16. The summed E-state index contributed by atoms with van der Waals surface area (Å²) in [4.78, 5) is 26.9. The van der Waals surface area contributed by atoms with Gasteiger partial charge >= 0.3 is 0 Å². The van der Waals surface area contributed by atoms with Gasteiger partial charge in [-0.15, -0.1) is 11.3 Å². The van der Waals surface area contributed by atoms with Gasteiger partial charge in [-0.1, -0.05) is 24.3 Å². The van der Waals surface area contributed by atoms with Gasteiger partial charge in [-0.2, -0.15) is 0 Å². The fourth-order valence-electron chi connectivity index (χ4n) is 2.55. The number of nitrogens with zero attached hydrogens (tertiary/aromatic N) is 2. The fraction of sp³-hybridized carbons (Fsp3) is 0.200. The van der Waals surface area contributed by atoms with E-state index in [1.807, 2.05) is 31.2 Å². The van der Waals surface area contributed by atoms with Gasteiger partial charge in [0.1, 0.15) is 5.75 Å². The summed E-state index contributed by atoms with van der Waals surface area (Å²) in [5.74, 6) is 0.648. The predicted octanol–water partition coefficient (Wildman–Crippen LogP) is 4.82. The number of aromatic nitrogens is 1. The van der Waals surface area contributed by atoms with E-state index in [2.05, 4.69) is 10.3 Å². The van der Waals surface area contributed by atoms with E-state index in [1.165, 1.54) is 23.5 Å². The van der Waals surface area contributed by atoms with Crippen molar-refractivity contribution in [1.29, 1.82) is 0 Å². The van der Waals surface area contributed by atoms with E-state index >= 15 is 0 Å². The van der Waals surface area contributed by atoms with Gasteiger partial charge in [-0.3, -0.25) is 14.9 Å². The number of hydrogen-bond acceptors (Lipinski definition) is 6. The molecule has 1 amide bonds. The second-order valence-corrected chi connectivity index (χ2v) is 7.02. The summed E-state index contributed by atoms with van der Waals surface area (Å²) in [6, 6.07) is 14.0. The molecule has 7 nitrogen and oxygen atoms in total. The Morgan fingerprint density at radius 2 is 2.07 bits per heavy atom. The Morgan fingerprint density at radius 3 is 2.86 bits per heavy atom. The summed E-state index contributed by atoms with van der Waals surface area (Å²) in [5, 5.41) is 15.9. The standard InChI is InChI=1S/C20H19N3O4S/c1-14-5-2-8-17(11-14)27-10-4-9-19(24)22-20-21-18(13-28-20)15-6-3-7-16(12-15)23(25)26/h2-3,5-8,11-13H,4,9-10H2,1H3,(H,21,22,24). The van der Waals surface area contributed by atoms with Crippen molar-refractivity contribution < 1.29 is 14.5 Å². The molecular formula is C20H19N3O4S. The lowest BCUT2D eigenvalue weighted by molar-refractivity contribution is -0.384. The van der Waals surface area contributed by atoms with Crippen molar-refractivity contribution in [2.24, 2.45) is 0 Å². The molecule has 28 heavy (non-hydrogen) atoms. The molecule has 1 heterocycles. The number of non-ortho nitro benzene ring substituents is 1. The maximum Gasteiger partial charge on any atom is 0.270 e. The van der Waals surface area contributed by atoms with Crippen LogP contribution < -0.4 is 10.1 Å². The Labute approximate surface area is 166 Å². The van der Waals surface area contributed by atoms with E-state index in [0.717, 1.165) is 11.3 Å². The van der Waals surface area contributed by atoms with Gasteiger partial charge in [-0.05, 0) is 31.0 Å². The normalized spacial score (nSPS) is 10.5. The molecule has 0 aliphatic heterocycles. The molecule has 1 N–H and O–H groups in total. The Balaban J connectivity index is 1.48. The molecule has 2 aromatic carbocycles. The van der Waals surface area contributed by atoms with Gasteiger partial charge < -0.3 is 10.1 Å². The Hall–Kier alpha value is -3.26. The van der Waals surface area contributed by atoms with Crippen molar-refractivity contribution in [3.05, 3.63) is 69.6 Å². The van der Waals surface area contributed by atoms with Crippen LogP contribution in [0.15, 0.2) is 53.9 Å². The monoisotopic (exact) mass is 397 g/mol. The van der Waals surface area contributed by atoms with Crippen molar-refractivity contribution >= 4 is 28.1 Å². The predicted molar refractivity (Wildman–Crippen MR) is 109 cm³/mol. The fourth-order valence-corrected chi connectivity index (χ4v) is 3.29. The van der Waals surface area contributed by atoms with Crippen molar-refractivity contribution in [3.8, 4) is 17.0 Å². The minimum absolute atomic E-state index is 0.00435. The highest BCUT2D eigenvalue weighted by atomic mass is 32.1. The van der Waals surface area contributed by atoms with Crippen molar-refractivity contribution in [1.82, 2.24) is 4.98 Å². The van der Waals surface area contributed by atoms with Crippen LogP contribution in [0.25, 0.3) is 11.3 Å². The molecular weight excluding hydrogens is 378 g/mol. The number of carbonyl (C=O) groups excluding carboxylic acids is 1. The highest BCUT2D eigenvalue weighted by Gasteiger charge is 2.11. The number of anilines is 1. The minimum Gasteiger partial charge on any atom is -0.494 e.